The SMILES string of the molecule is CCCCCCCCC(=O)OCC(CO)OC(=O)CCC. The number of carbonyl (C=O) groups is 2. The monoisotopic (exact) mass is 302 g/mol. The minimum Gasteiger partial charge on any atom is -0.462 e. The van der Waals surface area contributed by atoms with Gasteiger partial charge >= 0.3 is 11.9 Å². The molecule has 0 saturated carbocycles. The third-order valence-corrected chi connectivity index (χ3v) is 3.12. The molecule has 1 atom stereocenters. The Morgan fingerprint density at radius 1 is 0.905 bits per heavy atom. The molecule has 5 heteroatoms. The molecule has 0 aromatic rings. The number of aliphatic hydroxyl groups is 1. The fourth-order valence-electron chi connectivity index (χ4n) is 1.88. The average Bonchev–Trinajstić information content (AvgIpc) is 2.47. The smallest absolute Gasteiger partial charge is 0.306 e. The van der Waals surface area contributed by atoms with Gasteiger partial charge in [0.1, 0.15) is 6.61 Å². The summed E-state index contributed by atoms with van der Waals surface area (Å²) in [5, 5.41) is 9.08. The van der Waals surface area contributed by atoms with E-state index in [9.17, 15) is 9.59 Å². The zero-order chi connectivity index (χ0) is 15.9. The molecule has 0 saturated heterocycles. The van der Waals surface area contributed by atoms with Crippen LogP contribution >= 0.6 is 0 Å². The normalized spacial score (nSPS) is 12.0. The number of aliphatic hydroxyl groups excluding tert-OH is 1. The van der Waals surface area contributed by atoms with Crippen molar-refractivity contribution in [3.05, 3.63) is 0 Å². The lowest BCUT2D eigenvalue weighted by Gasteiger charge is -2.15. The molecule has 0 radical (unpaired) electrons. The zero-order valence-electron chi connectivity index (χ0n) is 13.4. The van der Waals surface area contributed by atoms with E-state index in [1.54, 1.807) is 0 Å². The van der Waals surface area contributed by atoms with E-state index in [0.717, 1.165) is 19.3 Å². The number of rotatable bonds is 13. The molecule has 0 aromatic heterocycles. The molecule has 1 unspecified atom stereocenters. The van der Waals surface area contributed by atoms with Gasteiger partial charge < -0.3 is 14.6 Å². The Labute approximate surface area is 128 Å². The van der Waals surface area contributed by atoms with Crippen LogP contribution in [0.3, 0.4) is 0 Å². The molecule has 0 aromatic carbocycles. The number of esters is 2. The van der Waals surface area contributed by atoms with E-state index in [1.165, 1.54) is 19.3 Å². The van der Waals surface area contributed by atoms with Crippen LogP contribution < -0.4 is 0 Å². The number of hydrogen-bond donors (Lipinski definition) is 1. The summed E-state index contributed by atoms with van der Waals surface area (Å²) < 4.78 is 10.0. The Hall–Kier alpha value is -1.10. The molecular weight excluding hydrogens is 272 g/mol. The van der Waals surface area contributed by atoms with Crippen LogP contribution in [0.1, 0.15) is 71.6 Å². The van der Waals surface area contributed by atoms with Gasteiger partial charge in [0.05, 0.1) is 6.61 Å². The van der Waals surface area contributed by atoms with E-state index in [2.05, 4.69) is 6.92 Å². The Bertz CT molecular complexity index is 278. The first-order valence-corrected chi connectivity index (χ1v) is 8.09. The van der Waals surface area contributed by atoms with Crippen LogP contribution in [0.2, 0.25) is 0 Å². The summed E-state index contributed by atoms with van der Waals surface area (Å²) in [5.74, 6) is -0.668. The Kier molecular flexibility index (Phi) is 13.1. The molecule has 5 nitrogen and oxygen atoms in total. The van der Waals surface area contributed by atoms with Crippen LogP contribution in [0, 0.1) is 0 Å². The second kappa shape index (κ2) is 13.9. The van der Waals surface area contributed by atoms with Gasteiger partial charge in [-0.3, -0.25) is 9.59 Å². The van der Waals surface area contributed by atoms with Crippen molar-refractivity contribution in [2.45, 2.75) is 77.7 Å². The molecule has 0 aliphatic rings. The van der Waals surface area contributed by atoms with Crippen molar-refractivity contribution in [3.63, 3.8) is 0 Å². The molecule has 0 rings (SSSR count). The first kappa shape index (κ1) is 19.9. The van der Waals surface area contributed by atoms with Crippen molar-refractivity contribution >= 4 is 11.9 Å². The molecule has 0 bridgehead atoms. The fourth-order valence-corrected chi connectivity index (χ4v) is 1.88. The van der Waals surface area contributed by atoms with Crippen LogP contribution in [0.4, 0.5) is 0 Å². The van der Waals surface area contributed by atoms with Gasteiger partial charge in [-0.2, -0.15) is 0 Å². The Morgan fingerprint density at radius 2 is 1.57 bits per heavy atom. The quantitative estimate of drug-likeness (QED) is 0.418. The predicted molar refractivity (Wildman–Crippen MR) is 80.8 cm³/mol. The highest BCUT2D eigenvalue weighted by Gasteiger charge is 2.15. The van der Waals surface area contributed by atoms with Crippen molar-refractivity contribution in [3.8, 4) is 0 Å². The minimum atomic E-state index is -0.752. The van der Waals surface area contributed by atoms with Gasteiger partial charge in [0.15, 0.2) is 6.10 Å². The molecular formula is C16H30O5. The molecule has 1 N–H and O–H groups in total. The van der Waals surface area contributed by atoms with Gasteiger partial charge in [-0.05, 0) is 12.8 Å². The number of carbonyl (C=O) groups excluding carboxylic acids is 2. The second-order valence-corrected chi connectivity index (χ2v) is 5.25. The Balaban J connectivity index is 3.66. The van der Waals surface area contributed by atoms with E-state index >= 15 is 0 Å². The van der Waals surface area contributed by atoms with Crippen molar-refractivity contribution in [1.82, 2.24) is 0 Å². The minimum absolute atomic E-state index is 0.0688. The van der Waals surface area contributed by atoms with Crippen LogP contribution in [-0.4, -0.2) is 36.4 Å². The van der Waals surface area contributed by atoms with Crippen molar-refractivity contribution in [2.75, 3.05) is 13.2 Å². The predicted octanol–water partition coefficient (Wildman–Crippen LogP) is 2.98. The summed E-state index contributed by atoms with van der Waals surface area (Å²) in [4.78, 5) is 22.8. The molecule has 124 valence electrons. The summed E-state index contributed by atoms with van der Waals surface area (Å²) in [7, 11) is 0. The lowest BCUT2D eigenvalue weighted by atomic mass is 10.1. The lowest BCUT2D eigenvalue weighted by Crippen LogP contribution is -2.28. The molecule has 21 heavy (non-hydrogen) atoms. The lowest BCUT2D eigenvalue weighted by molar-refractivity contribution is -0.161. The number of unbranched alkanes of at least 4 members (excludes halogenated alkanes) is 5. The zero-order valence-corrected chi connectivity index (χ0v) is 13.4. The first-order valence-electron chi connectivity index (χ1n) is 8.09. The highest BCUT2D eigenvalue weighted by atomic mass is 16.6. The summed E-state index contributed by atoms with van der Waals surface area (Å²) in [5.41, 5.74) is 0. The standard InChI is InChI=1S/C16H30O5/c1-3-5-6-7-8-9-11-15(18)20-13-14(12-17)21-16(19)10-4-2/h14,17H,3-13H2,1-2H3. The van der Waals surface area contributed by atoms with Gasteiger partial charge in [-0.25, -0.2) is 0 Å². The highest BCUT2D eigenvalue weighted by Crippen LogP contribution is 2.08. The molecule has 0 spiro atoms. The van der Waals surface area contributed by atoms with Gasteiger partial charge in [0.25, 0.3) is 0 Å². The van der Waals surface area contributed by atoms with Crippen LogP contribution in [0.15, 0.2) is 0 Å². The van der Waals surface area contributed by atoms with E-state index < -0.39 is 6.10 Å². The largest absolute Gasteiger partial charge is 0.462 e. The van der Waals surface area contributed by atoms with Crippen molar-refractivity contribution in [2.24, 2.45) is 0 Å². The fraction of sp³-hybridized carbons (Fsp3) is 0.875. The third-order valence-electron chi connectivity index (χ3n) is 3.12. The topological polar surface area (TPSA) is 72.8 Å². The number of hydrogen-bond acceptors (Lipinski definition) is 5. The van der Waals surface area contributed by atoms with E-state index in [4.69, 9.17) is 14.6 Å². The molecule has 0 heterocycles. The number of ether oxygens (including phenoxy) is 2. The van der Waals surface area contributed by atoms with E-state index in [-0.39, 0.29) is 25.2 Å². The van der Waals surface area contributed by atoms with Gasteiger partial charge in [0, 0.05) is 12.8 Å². The van der Waals surface area contributed by atoms with E-state index in [0.29, 0.717) is 19.3 Å². The van der Waals surface area contributed by atoms with Gasteiger partial charge in [-0.15, -0.1) is 0 Å². The summed E-state index contributed by atoms with van der Waals surface area (Å²) >= 11 is 0. The Morgan fingerprint density at radius 3 is 2.19 bits per heavy atom. The van der Waals surface area contributed by atoms with Crippen LogP contribution in [0.25, 0.3) is 0 Å². The van der Waals surface area contributed by atoms with Gasteiger partial charge in [-0.1, -0.05) is 46.0 Å². The highest BCUT2D eigenvalue weighted by molar-refractivity contribution is 5.70. The first-order chi connectivity index (χ1) is 10.1. The molecule has 0 fully saturated rings. The summed E-state index contributed by atoms with van der Waals surface area (Å²) in [6.07, 6.45) is 7.29. The van der Waals surface area contributed by atoms with Crippen LogP contribution in [0.5, 0.6) is 0 Å². The third kappa shape index (κ3) is 12.4. The molecule has 0 aliphatic heterocycles. The molecule has 0 aliphatic carbocycles. The van der Waals surface area contributed by atoms with Crippen molar-refractivity contribution < 1.29 is 24.2 Å². The summed E-state index contributed by atoms with van der Waals surface area (Å²) in [6, 6.07) is 0. The average molecular weight is 302 g/mol. The van der Waals surface area contributed by atoms with Crippen molar-refractivity contribution in [1.29, 1.82) is 0 Å². The maximum absolute atomic E-state index is 11.5. The maximum Gasteiger partial charge on any atom is 0.306 e. The van der Waals surface area contributed by atoms with Crippen LogP contribution in [-0.2, 0) is 19.1 Å². The maximum atomic E-state index is 11.5. The summed E-state index contributed by atoms with van der Waals surface area (Å²) in [6.45, 7) is 3.64. The van der Waals surface area contributed by atoms with E-state index in [1.807, 2.05) is 6.92 Å². The van der Waals surface area contributed by atoms with Gasteiger partial charge in [0.2, 0.25) is 0 Å². The molecule has 0 amide bonds. The second-order valence-electron chi connectivity index (χ2n) is 5.25.